The van der Waals surface area contributed by atoms with Crippen molar-refractivity contribution in [3.05, 3.63) is 0 Å². The molecule has 1 heterocycles. The molecule has 3 unspecified atom stereocenters. The van der Waals surface area contributed by atoms with Crippen molar-refractivity contribution in [2.24, 2.45) is 10.9 Å². The predicted octanol–water partition coefficient (Wildman–Crippen LogP) is 2.26. The molecule has 1 N–H and O–H groups in total. The first-order valence-electron chi connectivity index (χ1n) is 5.23. The van der Waals surface area contributed by atoms with E-state index in [4.69, 9.17) is 0 Å². The molecule has 0 radical (unpaired) electrons. The van der Waals surface area contributed by atoms with Crippen LogP contribution in [-0.2, 0) is 0 Å². The van der Waals surface area contributed by atoms with Gasteiger partial charge in [0.2, 0.25) is 0 Å². The first kappa shape index (κ1) is 9.38. The van der Waals surface area contributed by atoms with Crippen LogP contribution in [0.15, 0.2) is 4.99 Å². The molecule has 0 aromatic rings. The number of rotatable bonds is 1. The lowest BCUT2D eigenvalue weighted by Crippen LogP contribution is -2.34. The predicted molar refractivity (Wildman–Crippen MR) is 59.3 cm³/mol. The molecule has 3 atom stereocenters. The van der Waals surface area contributed by atoms with Gasteiger partial charge in [0.25, 0.3) is 0 Å². The van der Waals surface area contributed by atoms with Crippen LogP contribution in [0, 0.1) is 5.92 Å². The van der Waals surface area contributed by atoms with E-state index >= 15 is 0 Å². The second-order valence-corrected chi connectivity index (χ2v) is 5.66. The summed E-state index contributed by atoms with van der Waals surface area (Å²) in [5, 5.41) is 5.44. The molecule has 0 aromatic heterocycles. The summed E-state index contributed by atoms with van der Waals surface area (Å²) in [5.41, 5.74) is 0. The van der Waals surface area contributed by atoms with E-state index in [0.717, 1.165) is 12.5 Å². The molecule has 0 aromatic carbocycles. The van der Waals surface area contributed by atoms with Crippen LogP contribution in [0.3, 0.4) is 0 Å². The molecular formula is C10H18N2S. The van der Waals surface area contributed by atoms with Crippen LogP contribution in [-0.4, -0.2) is 23.0 Å². The van der Waals surface area contributed by atoms with Crippen LogP contribution in [0.5, 0.6) is 0 Å². The van der Waals surface area contributed by atoms with Crippen molar-refractivity contribution in [2.45, 2.75) is 44.4 Å². The molecular weight excluding hydrogens is 180 g/mol. The van der Waals surface area contributed by atoms with Crippen molar-refractivity contribution in [1.29, 1.82) is 0 Å². The smallest absolute Gasteiger partial charge is 0.157 e. The number of nitrogens with one attached hydrogen (secondary N) is 1. The number of aliphatic imine (C=N–C) groups is 1. The Hall–Kier alpha value is -0.180. The highest BCUT2D eigenvalue weighted by molar-refractivity contribution is 8.14. The van der Waals surface area contributed by atoms with Crippen molar-refractivity contribution in [1.82, 2.24) is 5.32 Å². The number of nitrogens with zero attached hydrogens (tertiary/aromatic N) is 1. The fourth-order valence-electron chi connectivity index (χ4n) is 2.07. The Kier molecular flexibility index (Phi) is 2.82. The van der Waals surface area contributed by atoms with E-state index in [2.05, 4.69) is 24.2 Å². The lowest BCUT2D eigenvalue weighted by molar-refractivity contribution is 0.489. The molecule has 3 heteroatoms. The molecule has 1 fully saturated rings. The van der Waals surface area contributed by atoms with E-state index in [9.17, 15) is 0 Å². The standard InChI is InChI=1S/C10H18N2S/c1-7-4-3-5-9(7)12-10-11-6-8(2)13-10/h7-9H,3-6H2,1-2H3,(H,11,12). The average molecular weight is 198 g/mol. The second kappa shape index (κ2) is 3.91. The van der Waals surface area contributed by atoms with Crippen LogP contribution in [0.1, 0.15) is 33.1 Å². The van der Waals surface area contributed by atoms with Gasteiger partial charge in [-0.25, -0.2) is 0 Å². The number of hydrogen-bond donors (Lipinski definition) is 1. The summed E-state index contributed by atoms with van der Waals surface area (Å²) in [6.07, 6.45) is 4.09. The highest BCUT2D eigenvalue weighted by Gasteiger charge is 2.25. The third-order valence-electron chi connectivity index (χ3n) is 2.98. The highest BCUT2D eigenvalue weighted by atomic mass is 32.2. The summed E-state index contributed by atoms with van der Waals surface area (Å²) in [7, 11) is 0. The number of hydrogen-bond acceptors (Lipinski definition) is 3. The second-order valence-electron chi connectivity index (χ2n) is 4.23. The summed E-state index contributed by atoms with van der Waals surface area (Å²) in [5.74, 6) is 0.833. The molecule has 0 spiro atoms. The number of thioether (sulfide) groups is 1. The van der Waals surface area contributed by atoms with Crippen LogP contribution in [0.25, 0.3) is 0 Å². The van der Waals surface area contributed by atoms with Gasteiger partial charge in [0.15, 0.2) is 5.17 Å². The zero-order valence-electron chi connectivity index (χ0n) is 8.42. The molecule has 1 aliphatic heterocycles. The molecule has 74 valence electrons. The van der Waals surface area contributed by atoms with Gasteiger partial charge < -0.3 is 5.32 Å². The molecule has 2 rings (SSSR count). The fraction of sp³-hybridized carbons (Fsp3) is 0.900. The van der Waals surface area contributed by atoms with Gasteiger partial charge in [-0.2, -0.15) is 0 Å². The van der Waals surface area contributed by atoms with E-state index in [0.29, 0.717) is 11.3 Å². The van der Waals surface area contributed by atoms with Crippen LogP contribution in [0.4, 0.5) is 0 Å². The minimum atomic E-state index is 0.680. The highest BCUT2D eigenvalue weighted by Crippen LogP contribution is 2.27. The lowest BCUT2D eigenvalue weighted by Gasteiger charge is -2.17. The Balaban J connectivity index is 1.84. The van der Waals surface area contributed by atoms with Crippen molar-refractivity contribution in [3.8, 4) is 0 Å². The maximum atomic E-state index is 4.48. The van der Waals surface area contributed by atoms with Gasteiger partial charge in [-0.3, -0.25) is 4.99 Å². The van der Waals surface area contributed by atoms with E-state index in [1.807, 2.05) is 11.8 Å². The van der Waals surface area contributed by atoms with Gasteiger partial charge in [0.05, 0.1) is 6.54 Å². The largest absolute Gasteiger partial charge is 0.362 e. The van der Waals surface area contributed by atoms with E-state index < -0.39 is 0 Å². The van der Waals surface area contributed by atoms with E-state index in [1.165, 1.54) is 24.4 Å². The quantitative estimate of drug-likeness (QED) is 0.699. The monoisotopic (exact) mass is 198 g/mol. The minimum absolute atomic E-state index is 0.680. The molecule has 1 aliphatic carbocycles. The third kappa shape index (κ3) is 2.19. The molecule has 2 nitrogen and oxygen atoms in total. The molecule has 1 saturated carbocycles. The molecule has 13 heavy (non-hydrogen) atoms. The van der Waals surface area contributed by atoms with Gasteiger partial charge in [-0.05, 0) is 18.8 Å². The van der Waals surface area contributed by atoms with E-state index in [-0.39, 0.29) is 0 Å². The summed E-state index contributed by atoms with van der Waals surface area (Å²) in [6.45, 7) is 5.57. The Bertz CT molecular complexity index is 215. The summed E-state index contributed by atoms with van der Waals surface area (Å²) in [6, 6.07) is 0.691. The van der Waals surface area contributed by atoms with Gasteiger partial charge in [0, 0.05) is 11.3 Å². The Labute approximate surface area is 84.6 Å². The van der Waals surface area contributed by atoms with Gasteiger partial charge in [-0.1, -0.05) is 32.0 Å². The molecule has 0 saturated heterocycles. The summed E-state index contributed by atoms with van der Waals surface area (Å²) < 4.78 is 0. The first-order chi connectivity index (χ1) is 6.25. The van der Waals surface area contributed by atoms with Crippen LogP contribution in [0.2, 0.25) is 0 Å². The zero-order valence-corrected chi connectivity index (χ0v) is 9.23. The van der Waals surface area contributed by atoms with Gasteiger partial charge in [0.1, 0.15) is 0 Å². The third-order valence-corrected chi connectivity index (χ3v) is 4.00. The lowest BCUT2D eigenvalue weighted by atomic mass is 10.1. The molecule has 0 amide bonds. The van der Waals surface area contributed by atoms with Crippen molar-refractivity contribution >= 4 is 16.9 Å². The normalized spacial score (nSPS) is 39.2. The van der Waals surface area contributed by atoms with Gasteiger partial charge in [-0.15, -0.1) is 0 Å². The Morgan fingerprint density at radius 2 is 2.23 bits per heavy atom. The Morgan fingerprint density at radius 3 is 2.77 bits per heavy atom. The van der Waals surface area contributed by atoms with Gasteiger partial charge >= 0.3 is 0 Å². The SMILES string of the molecule is CC1CN=C(NC2CCCC2C)S1. The average Bonchev–Trinajstić information content (AvgIpc) is 2.64. The summed E-state index contributed by atoms with van der Waals surface area (Å²) in [4.78, 5) is 4.48. The van der Waals surface area contributed by atoms with Crippen molar-refractivity contribution in [2.75, 3.05) is 6.54 Å². The molecule has 0 bridgehead atoms. The Morgan fingerprint density at radius 1 is 1.38 bits per heavy atom. The van der Waals surface area contributed by atoms with Crippen molar-refractivity contribution < 1.29 is 0 Å². The number of amidine groups is 1. The van der Waals surface area contributed by atoms with E-state index in [1.54, 1.807) is 0 Å². The maximum absolute atomic E-state index is 4.48. The zero-order chi connectivity index (χ0) is 9.26. The van der Waals surface area contributed by atoms with Crippen LogP contribution >= 0.6 is 11.8 Å². The first-order valence-corrected chi connectivity index (χ1v) is 6.11. The van der Waals surface area contributed by atoms with Crippen LogP contribution < -0.4 is 5.32 Å². The summed E-state index contributed by atoms with van der Waals surface area (Å²) >= 11 is 1.89. The fourth-order valence-corrected chi connectivity index (χ4v) is 2.97. The maximum Gasteiger partial charge on any atom is 0.157 e. The minimum Gasteiger partial charge on any atom is -0.362 e. The topological polar surface area (TPSA) is 24.4 Å². The molecule has 2 aliphatic rings. The van der Waals surface area contributed by atoms with Crippen molar-refractivity contribution in [3.63, 3.8) is 0 Å².